The van der Waals surface area contributed by atoms with Crippen molar-refractivity contribution >= 4 is 0 Å². The first kappa shape index (κ1) is 54.6. The highest BCUT2D eigenvalue weighted by molar-refractivity contribution is 5.81. The van der Waals surface area contributed by atoms with Gasteiger partial charge in [0.05, 0.1) is 0 Å². The SMILES string of the molecule is CCCCc1cn(Cc2ccc(-c3ccccc3-c3nnn(C(c4ccccc4)(c4ccccc4)c4ccccc4)n3)cc2)c[n+]1Cc1ccc(-c2ccccc2-c2nnn(C(c3ccccc3)(c3ccccc3)c3ccccc3)n2)cc1.[Br-]. The number of imidazole rings is 1. The fourth-order valence-corrected chi connectivity index (χ4v) is 11.9. The van der Waals surface area contributed by atoms with Crippen LogP contribution >= 0.6 is 0 Å². The lowest BCUT2D eigenvalue weighted by Gasteiger charge is -2.34. The highest BCUT2D eigenvalue weighted by Crippen LogP contribution is 2.42. The first-order chi connectivity index (χ1) is 41.1. The van der Waals surface area contributed by atoms with Gasteiger partial charge in [0.15, 0.2) is 11.1 Å². The standard InChI is InChI=1S/C73H61N10.BrH/c1-2-3-38-65-53-80(51-55-43-47-57(48-44-55)66-39-22-24-41-68(66)70-74-78-82(76-70)72(59-26-10-4-11-27-59,60-28-12-5-13-29-60)61-30-14-6-15-31-61)54-81(65)52-56-45-49-58(50-46-56)67-40-23-25-42-69(67)71-75-79-83(77-71)73(62-32-16-7-17-33-62,63-34-18-8-19-35-63)64-36-20-9-21-37-64;/h4-37,39-50,53-54H,2-3,38,51-52H2,1H3;1H/q+1;/p-1. The number of halogens is 1. The van der Waals surface area contributed by atoms with Crippen molar-refractivity contribution in [3.05, 3.63) is 342 Å². The second kappa shape index (κ2) is 24.6. The minimum absolute atomic E-state index is 0. The molecule has 0 aliphatic rings. The van der Waals surface area contributed by atoms with Crippen molar-refractivity contribution in [2.45, 2.75) is 50.4 Å². The van der Waals surface area contributed by atoms with Crippen LogP contribution in [0.25, 0.3) is 45.0 Å². The van der Waals surface area contributed by atoms with Gasteiger partial charge in [-0.25, -0.2) is 9.13 Å². The molecule has 0 aliphatic heterocycles. The summed E-state index contributed by atoms with van der Waals surface area (Å²) >= 11 is 0. The quantitative estimate of drug-likeness (QED) is 0.0591. The maximum absolute atomic E-state index is 5.25. The Bertz CT molecular complexity index is 4030. The molecule has 0 saturated heterocycles. The normalized spacial score (nSPS) is 11.5. The predicted octanol–water partition coefficient (Wildman–Crippen LogP) is 11.5. The lowest BCUT2D eigenvalue weighted by atomic mass is 9.77. The van der Waals surface area contributed by atoms with Crippen LogP contribution in [-0.4, -0.2) is 45.0 Å². The minimum Gasteiger partial charge on any atom is -1.00 e. The van der Waals surface area contributed by atoms with E-state index in [9.17, 15) is 0 Å². The Balaban J connectivity index is 0.00000694. The highest BCUT2D eigenvalue weighted by Gasteiger charge is 2.43. The fourth-order valence-electron chi connectivity index (χ4n) is 11.9. The monoisotopic (exact) mass is 1160 g/mol. The van der Waals surface area contributed by atoms with E-state index in [1.54, 1.807) is 9.59 Å². The van der Waals surface area contributed by atoms with Gasteiger partial charge in [0, 0.05) is 17.5 Å². The van der Waals surface area contributed by atoms with Crippen LogP contribution in [0.2, 0.25) is 0 Å². The number of benzene rings is 10. The van der Waals surface area contributed by atoms with Gasteiger partial charge in [0.25, 0.3) is 0 Å². The van der Waals surface area contributed by atoms with E-state index in [0.717, 1.165) is 99.1 Å². The molecule has 0 aliphatic carbocycles. The summed E-state index contributed by atoms with van der Waals surface area (Å²) in [6.45, 7) is 3.75. The molecule has 3 aromatic heterocycles. The number of aromatic nitrogens is 10. The van der Waals surface area contributed by atoms with Crippen molar-refractivity contribution in [2.75, 3.05) is 0 Å². The lowest BCUT2D eigenvalue weighted by Crippen LogP contribution is -3.00. The van der Waals surface area contributed by atoms with Crippen molar-refractivity contribution in [2.24, 2.45) is 0 Å². The second-order valence-electron chi connectivity index (χ2n) is 21.0. The molecule has 410 valence electrons. The molecule has 0 radical (unpaired) electrons. The van der Waals surface area contributed by atoms with Gasteiger partial charge in [-0.1, -0.05) is 292 Å². The number of unbranched alkanes of at least 4 members (excludes halogenated alkanes) is 1. The second-order valence-corrected chi connectivity index (χ2v) is 21.0. The Morgan fingerprint density at radius 2 is 0.714 bits per heavy atom. The van der Waals surface area contributed by atoms with Gasteiger partial charge in [-0.2, -0.15) is 0 Å². The number of hydrogen-bond donors (Lipinski definition) is 0. The summed E-state index contributed by atoms with van der Waals surface area (Å²) in [5, 5.41) is 29.8. The van der Waals surface area contributed by atoms with Crippen molar-refractivity contribution in [3.63, 3.8) is 0 Å². The van der Waals surface area contributed by atoms with E-state index in [2.05, 4.69) is 259 Å². The average molecular weight is 1160 g/mol. The van der Waals surface area contributed by atoms with E-state index in [1.165, 1.54) is 16.8 Å². The third-order valence-corrected chi connectivity index (χ3v) is 15.9. The predicted molar refractivity (Wildman–Crippen MR) is 328 cm³/mol. The van der Waals surface area contributed by atoms with E-state index < -0.39 is 11.1 Å². The molecular formula is C73H61BrN10. The van der Waals surface area contributed by atoms with Gasteiger partial charge in [-0.15, -0.1) is 30.0 Å². The largest absolute Gasteiger partial charge is 1.00 e. The van der Waals surface area contributed by atoms with Crippen molar-refractivity contribution < 1.29 is 21.5 Å². The van der Waals surface area contributed by atoms with Crippen molar-refractivity contribution in [1.29, 1.82) is 0 Å². The van der Waals surface area contributed by atoms with Crippen LogP contribution in [-0.2, 0) is 30.6 Å². The zero-order valence-electron chi connectivity index (χ0n) is 46.6. The Kier molecular flexibility index (Phi) is 16.0. The summed E-state index contributed by atoms with van der Waals surface area (Å²) in [5.41, 5.74) is 14.3. The zero-order valence-corrected chi connectivity index (χ0v) is 48.2. The van der Waals surface area contributed by atoms with Gasteiger partial charge in [0.2, 0.25) is 18.0 Å². The fraction of sp³-hybridized carbons (Fsp3) is 0.110. The maximum atomic E-state index is 5.25. The Hall–Kier alpha value is -9.97. The van der Waals surface area contributed by atoms with Crippen molar-refractivity contribution in [1.82, 2.24) is 45.0 Å². The van der Waals surface area contributed by atoms with Crippen LogP contribution in [0, 0.1) is 0 Å². The minimum atomic E-state index is -0.870. The molecule has 10 nitrogen and oxygen atoms in total. The first-order valence-electron chi connectivity index (χ1n) is 28.5. The summed E-state index contributed by atoms with van der Waals surface area (Å²) in [5.74, 6) is 1.11. The molecule has 0 fully saturated rings. The van der Waals surface area contributed by atoms with Gasteiger partial charge in [-0.3, -0.25) is 0 Å². The summed E-state index contributed by atoms with van der Waals surface area (Å²) in [6, 6.07) is 97.2. The van der Waals surface area contributed by atoms with Gasteiger partial charge in [-0.05, 0) is 83.6 Å². The molecule has 0 amide bonds. The molecule has 84 heavy (non-hydrogen) atoms. The van der Waals surface area contributed by atoms with Crippen LogP contribution < -0.4 is 21.5 Å². The first-order valence-corrected chi connectivity index (χ1v) is 28.5. The maximum Gasteiger partial charge on any atom is 0.244 e. The molecule has 11 heteroatoms. The molecule has 13 rings (SSSR count). The molecule has 13 aromatic rings. The molecule has 3 heterocycles. The number of nitrogens with zero attached hydrogens (tertiary/aromatic N) is 10. The molecule has 10 aromatic carbocycles. The Labute approximate surface area is 500 Å². The smallest absolute Gasteiger partial charge is 0.244 e. The van der Waals surface area contributed by atoms with E-state index >= 15 is 0 Å². The van der Waals surface area contributed by atoms with Crippen LogP contribution in [0.1, 0.15) is 70.0 Å². The van der Waals surface area contributed by atoms with Crippen molar-refractivity contribution in [3.8, 4) is 45.0 Å². The van der Waals surface area contributed by atoms with E-state index in [0.29, 0.717) is 11.6 Å². The van der Waals surface area contributed by atoms with Gasteiger partial charge < -0.3 is 17.0 Å². The topological polar surface area (TPSA) is 96.0 Å². The number of rotatable bonds is 19. The summed E-state index contributed by atoms with van der Waals surface area (Å²) < 4.78 is 4.73. The zero-order chi connectivity index (χ0) is 55.8. The number of tetrazole rings is 2. The van der Waals surface area contributed by atoms with E-state index in [-0.39, 0.29) is 17.0 Å². The molecule has 0 atom stereocenters. The van der Waals surface area contributed by atoms with E-state index in [1.807, 2.05) is 48.5 Å². The van der Waals surface area contributed by atoms with Gasteiger partial charge in [0.1, 0.15) is 25.0 Å². The van der Waals surface area contributed by atoms with Gasteiger partial charge >= 0.3 is 0 Å². The molecule has 0 unspecified atom stereocenters. The lowest BCUT2D eigenvalue weighted by molar-refractivity contribution is -0.695. The summed E-state index contributed by atoms with van der Waals surface area (Å²) in [4.78, 5) is 3.58. The Morgan fingerprint density at radius 1 is 0.381 bits per heavy atom. The summed E-state index contributed by atoms with van der Waals surface area (Å²) in [7, 11) is 0. The molecule has 0 saturated carbocycles. The van der Waals surface area contributed by atoms with Crippen LogP contribution in [0.4, 0.5) is 0 Å². The number of aryl methyl sites for hydroxylation is 1. The summed E-state index contributed by atoms with van der Waals surface area (Å²) in [6.07, 6.45) is 7.82. The average Bonchev–Trinajstić information content (AvgIpc) is 3.06. The Morgan fingerprint density at radius 3 is 1.07 bits per heavy atom. The molecular weight excluding hydrogens is 1100 g/mol. The third kappa shape index (κ3) is 10.5. The molecule has 0 spiro atoms. The molecule has 0 N–H and O–H groups in total. The highest BCUT2D eigenvalue weighted by atomic mass is 79.9. The number of hydrogen-bond acceptors (Lipinski definition) is 6. The third-order valence-electron chi connectivity index (χ3n) is 15.9. The van der Waals surface area contributed by atoms with Crippen LogP contribution in [0.15, 0.2) is 292 Å². The van der Waals surface area contributed by atoms with Crippen LogP contribution in [0.5, 0.6) is 0 Å². The molecule has 0 bridgehead atoms. The van der Waals surface area contributed by atoms with Crippen LogP contribution in [0.3, 0.4) is 0 Å². The van der Waals surface area contributed by atoms with E-state index in [4.69, 9.17) is 30.8 Å².